The minimum Gasteiger partial charge on any atom is -0.462 e. The number of ether oxygens (including phenoxy) is 3. The highest BCUT2D eigenvalue weighted by molar-refractivity contribution is 5.71. The van der Waals surface area contributed by atoms with E-state index >= 15 is 0 Å². The molecule has 0 saturated carbocycles. The minimum atomic E-state index is -0.793. The molecule has 0 aliphatic carbocycles. The zero-order valence-electron chi connectivity index (χ0n) is 43.2. The molecule has 1 unspecified atom stereocenters. The molecule has 1 atom stereocenters. The van der Waals surface area contributed by atoms with E-state index in [1.165, 1.54) is 83.5 Å². The zero-order valence-corrected chi connectivity index (χ0v) is 43.2. The molecule has 0 bridgehead atoms. The summed E-state index contributed by atoms with van der Waals surface area (Å²) in [6, 6.07) is 0. The number of unbranched alkanes of at least 4 members (excludes halogenated alkanes) is 24. The van der Waals surface area contributed by atoms with Gasteiger partial charge in [-0.15, -0.1) is 0 Å². The van der Waals surface area contributed by atoms with Gasteiger partial charge in [0.2, 0.25) is 0 Å². The van der Waals surface area contributed by atoms with Gasteiger partial charge in [-0.2, -0.15) is 0 Å². The molecular formula is C60H102O6. The SMILES string of the molecule is CC/C=C\C/C=C\C/C=C\CCCCCCCCCC(=O)OCC(COC(=O)CCCCCCC/C=C\C/C=C\C/C=C\CC)OC(=O)CCCCCCC/C=C\CCCCCCCCC. The van der Waals surface area contributed by atoms with Crippen LogP contribution in [0.4, 0.5) is 0 Å². The maximum absolute atomic E-state index is 12.8. The summed E-state index contributed by atoms with van der Waals surface area (Å²) >= 11 is 0. The lowest BCUT2D eigenvalue weighted by Gasteiger charge is -2.18. The Hall–Kier alpha value is -3.41. The van der Waals surface area contributed by atoms with Crippen LogP contribution in [0.5, 0.6) is 0 Å². The Balaban J connectivity index is 4.44. The van der Waals surface area contributed by atoms with E-state index in [9.17, 15) is 14.4 Å². The van der Waals surface area contributed by atoms with E-state index in [-0.39, 0.29) is 31.1 Å². The van der Waals surface area contributed by atoms with Crippen LogP contribution in [0.1, 0.15) is 258 Å². The van der Waals surface area contributed by atoms with Gasteiger partial charge in [0, 0.05) is 19.3 Å². The van der Waals surface area contributed by atoms with Gasteiger partial charge in [0.05, 0.1) is 0 Å². The van der Waals surface area contributed by atoms with E-state index in [1.807, 2.05) is 0 Å². The van der Waals surface area contributed by atoms with Gasteiger partial charge in [-0.05, 0) is 109 Å². The maximum Gasteiger partial charge on any atom is 0.306 e. The van der Waals surface area contributed by atoms with Crippen molar-refractivity contribution >= 4 is 17.9 Å². The summed E-state index contributed by atoms with van der Waals surface area (Å²) < 4.78 is 16.8. The standard InChI is InChI=1S/C60H102O6/c1-4-7-10-13-16-19-22-25-28-30-33-35-38-41-44-47-50-53-59(62)65-56-57(55-64-58(61)52-49-46-43-40-37-34-31-27-24-21-18-15-12-9-6-3)66-60(63)54-51-48-45-42-39-36-32-29-26-23-20-17-14-11-8-5-2/h7,9-10,12,16,18-19,21,25,27-29,31-32,57H,4-6,8,11,13-15,17,20,22-24,26,30,33-56H2,1-3H3/b10-7-,12-9-,19-16-,21-18-,28-25-,31-27-,32-29-. The van der Waals surface area contributed by atoms with Gasteiger partial charge in [0.25, 0.3) is 0 Å². The lowest BCUT2D eigenvalue weighted by molar-refractivity contribution is -0.167. The molecule has 0 heterocycles. The Labute approximate surface area is 407 Å². The third-order valence-corrected chi connectivity index (χ3v) is 11.6. The summed E-state index contributed by atoms with van der Waals surface area (Å²) in [4.78, 5) is 38.1. The van der Waals surface area contributed by atoms with Crippen molar-refractivity contribution in [1.82, 2.24) is 0 Å². The molecule has 0 N–H and O–H groups in total. The predicted molar refractivity (Wildman–Crippen MR) is 284 cm³/mol. The number of hydrogen-bond donors (Lipinski definition) is 0. The van der Waals surface area contributed by atoms with Gasteiger partial charge in [0.1, 0.15) is 13.2 Å². The largest absolute Gasteiger partial charge is 0.462 e. The van der Waals surface area contributed by atoms with Crippen LogP contribution in [0.25, 0.3) is 0 Å². The molecule has 6 nitrogen and oxygen atoms in total. The summed E-state index contributed by atoms with van der Waals surface area (Å²) in [5.74, 6) is -0.922. The second-order valence-electron chi connectivity index (χ2n) is 18.1. The highest BCUT2D eigenvalue weighted by atomic mass is 16.6. The second kappa shape index (κ2) is 54.2. The van der Waals surface area contributed by atoms with E-state index in [4.69, 9.17) is 14.2 Å². The molecule has 66 heavy (non-hydrogen) atoms. The van der Waals surface area contributed by atoms with Crippen LogP contribution in [0.15, 0.2) is 85.1 Å². The molecule has 0 amide bonds. The Morgan fingerprint density at radius 3 is 0.939 bits per heavy atom. The maximum atomic E-state index is 12.8. The molecule has 0 fully saturated rings. The molecule has 0 spiro atoms. The summed E-state index contributed by atoms with van der Waals surface area (Å²) in [7, 11) is 0. The Kier molecular flexibility index (Phi) is 51.4. The van der Waals surface area contributed by atoms with Gasteiger partial charge in [-0.1, -0.05) is 215 Å². The first-order valence-electron chi connectivity index (χ1n) is 27.6. The fourth-order valence-electron chi connectivity index (χ4n) is 7.52. The van der Waals surface area contributed by atoms with Gasteiger partial charge >= 0.3 is 17.9 Å². The lowest BCUT2D eigenvalue weighted by atomic mass is 10.1. The van der Waals surface area contributed by atoms with Crippen molar-refractivity contribution in [2.24, 2.45) is 0 Å². The normalized spacial score (nSPS) is 12.7. The average Bonchev–Trinajstić information content (AvgIpc) is 3.31. The summed E-state index contributed by atoms with van der Waals surface area (Å²) in [5.41, 5.74) is 0. The lowest BCUT2D eigenvalue weighted by Crippen LogP contribution is -2.30. The van der Waals surface area contributed by atoms with E-state index < -0.39 is 6.10 Å². The van der Waals surface area contributed by atoms with Crippen LogP contribution in [0.2, 0.25) is 0 Å². The number of carbonyl (C=O) groups is 3. The van der Waals surface area contributed by atoms with Gasteiger partial charge in [-0.3, -0.25) is 14.4 Å². The highest BCUT2D eigenvalue weighted by Crippen LogP contribution is 2.14. The number of hydrogen-bond acceptors (Lipinski definition) is 6. The summed E-state index contributed by atoms with van der Waals surface area (Å²) in [5, 5.41) is 0. The van der Waals surface area contributed by atoms with Crippen molar-refractivity contribution < 1.29 is 28.6 Å². The van der Waals surface area contributed by atoms with Crippen molar-refractivity contribution in [3.05, 3.63) is 85.1 Å². The fraction of sp³-hybridized carbons (Fsp3) is 0.717. The Bertz CT molecular complexity index is 1290. The molecular weight excluding hydrogens is 817 g/mol. The Morgan fingerprint density at radius 1 is 0.318 bits per heavy atom. The molecule has 0 radical (unpaired) electrons. The van der Waals surface area contributed by atoms with Crippen molar-refractivity contribution in [3.63, 3.8) is 0 Å². The van der Waals surface area contributed by atoms with Crippen molar-refractivity contribution in [2.75, 3.05) is 13.2 Å². The molecule has 0 aliphatic heterocycles. The third-order valence-electron chi connectivity index (χ3n) is 11.6. The highest BCUT2D eigenvalue weighted by Gasteiger charge is 2.19. The van der Waals surface area contributed by atoms with Crippen molar-refractivity contribution in [2.45, 2.75) is 264 Å². The van der Waals surface area contributed by atoms with Crippen LogP contribution in [-0.2, 0) is 28.6 Å². The summed E-state index contributed by atoms with van der Waals surface area (Å²) in [6.45, 7) is 6.39. The second-order valence-corrected chi connectivity index (χ2v) is 18.1. The predicted octanol–water partition coefficient (Wildman–Crippen LogP) is 18.4. The van der Waals surface area contributed by atoms with Crippen molar-refractivity contribution in [1.29, 1.82) is 0 Å². The van der Waals surface area contributed by atoms with E-state index in [1.54, 1.807) is 0 Å². The first-order valence-corrected chi connectivity index (χ1v) is 27.6. The smallest absolute Gasteiger partial charge is 0.306 e. The number of allylic oxidation sites excluding steroid dienone is 14. The van der Waals surface area contributed by atoms with Crippen LogP contribution in [0.3, 0.4) is 0 Å². The molecule has 0 aliphatic rings. The molecule has 0 aromatic heterocycles. The number of esters is 3. The summed E-state index contributed by atoms with van der Waals surface area (Å²) in [6.07, 6.45) is 69.9. The monoisotopic (exact) mass is 919 g/mol. The van der Waals surface area contributed by atoms with Gasteiger partial charge in [0.15, 0.2) is 6.10 Å². The molecule has 0 rings (SSSR count). The van der Waals surface area contributed by atoms with Crippen LogP contribution < -0.4 is 0 Å². The van der Waals surface area contributed by atoms with Crippen LogP contribution >= 0.6 is 0 Å². The third kappa shape index (κ3) is 51.6. The molecule has 0 aromatic rings. The topological polar surface area (TPSA) is 78.9 Å². The van der Waals surface area contributed by atoms with Crippen LogP contribution in [-0.4, -0.2) is 37.2 Å². The van der Waals surface area contributed by atoms with E-state index in [0.29, 0.717) is 19.3 Å². The first kappa shape index (κ1) is 62.6. The molecule has 0 saturated heterocycles. The first-order chi connectivity index (χ1) is 32.5. The van der Waals surface area contributed by atoms with E-state index in [0.717, 1.165) is 135 Å². The van der Waals surface area contributed by atoms with Crippen molar-refractivity contribution in [3.8, 4) is 0 Å². The molecule has 378 valence electrons. The van der Waals surface area contributed by atoms with Gasteiger partial charge in [-0.25, -0.2) is 0 Å². The van der Waals surface area contributed by atoms with Crippen LogP contribution in [0, 0.1) is 0 Å². The minimum absolute atomic E-state index is 0.0909. The van der Waals surface area contributed by atoms with E-state index in [2.05, 4.69) is 106 Å². The quantitative estimate of drug-likeness (QED) is 0.0262. The molecule has 0 aromatic carbocycles. The fourth-order valence-corrected chi connectivity index (χ4v) is 7.52. The Morgan fingerprint density at radius 2 is 0.591 bits per heavy atom. The molecule has 6 heteroatoms. The number of carbonyl (C=O) groups excluding carboxylic acids is 3. The van der Waals surface area contributed by atoms with Gasteiger partial charge < -0.3 is 14.2 Å². The average molecular weight is 919 g/mol. The number of rotatable bonds is 49. The zero-order chi connectivity index (χ0) is 47.9.